The van der Waals surface area contributed by atoms with Crippen molar-refractivity contribution in [3.8, 4) is 0 Å². The first-order chi connectivity index (χ1) is 12.0. The third kappa shape index (κ3) is 4.30. The number of aromatic nitrogens is 1. The maximum Gasteiger partial charge on any atom is 0.340 e. The number of nitrogens with one attached hydrogen (secondary N) is 1. The standard InChI is InChI=1S/C18H24N2O5/c1-5-24-18(22)15-12(2)16(19-13(15)3)17(21)20(8-10-23-4)11-14-7-6-9-25-14/h6-7,9,19H,5,8,10-11H2,1-4H3. The molecule has 2 aromatic rings. The van der Waals surface area contributed by atoms with Gasteiger partial charge in [0.15, 0.2) is 0 Å². The van der Waals surface area contributed by atoms with E-state index in [1.165, 1.54) is 0 Å². The van der Waals surface area contributed by atoms with E-state index in [0.717, 1.165) is 0 Å². The summed E-state index contributed by atoms with van der Waals surface area (Å²) in [7, 11) is 1.58. The van der Waals surface area contributed by atoms with Crippen LogP contribution >= 0.6 is 0 Å². The topological polar surface area (TPSA) is 84.8 Å². The molecule has 0 aromatic carbocycles. The van der Waals surface area contributed by atoms with E-state index in [1.807, 2.05) is 6.07 Å². The van der Waals surface area contributed by atoms with Crippen LogP contribution in [0.1, 0.15) is 44.8 Å². The highest BCUT2D eigenvalue weighted by molar-refractivity contribution is 6.00. The Morgan fingerprint density at radius 3 is 2.68 bits per heavy atom. The van der Waals surface area contributed by atoms with Gasteiger partial charge in [-0.05, 0) is 38.5 Å². The molecule has 2 aromatic heterocycles. The number of furan rings is 1. The number of aryl methyl sites for hydroxylation is 1. The fraction of sp³-hybridized carbons (Fsp3) is 0.444. The van der Waals surface area contributed by atoms with Gasteiger partial charge >= 0.3 is 5.97 Å². The monoisotopic (exact) mass is 348 g/mol. The maximum absolute atomic E-state index is 13.0. The van der Waals surface area contributed by atoms with Gasteiger partial charge in [-0.25, -0.2) is 4.79 Å². The molecule has 136 valence electrons. The molecular weight excluding hydrogens is 324 g/mol. The zero-order valence-corrected chi connectivity index (χ0v) is 15.0. The number of rotatable bonds is 8. The zero-order valence-electron chi connectivity index (χ0n) is 15.0. The van der Waals surface area contributed by atoms with Gasteiger partial charge < -0.3 is 23.8 Å². The molecule has 0 saturated heterocycles. The fourth-order valence-electron chi connectivity index (χ4n) is 2.68. The van der Waals surface area contributed by atoms with Crippen molar-refractivity contribution in [2.75, 3.05) is 26.9 Å². The van der Waals surface area contributed by atoms with Crippen molar-refractivity contribution in [3.63, 3.8) is 0 Å². The Hall–Kier alpha value is -2.54. The van der Waals surface area contributed by atoms with E-state index in [0.29, 0.717) is 48.0 Å². The summed E-state index contributed by atoms with van der Waals surface area (Å²) in [5.41, 5.74) is 1.99. The first kappa shape index (κ1) is 18.8. The molecule has 25 heavy (non-hydrogen) atoms. The molecule has 0 aliphatic heterocycles. The summed E-state index contributed by atoms with van der Waals surface area (Å²) in [5, 5.41) is 0. The summed E-state index contributed by atoms with van der Waals surface area (Å²) in [6, 6.07) is 3.58. The number of hydrogen-bond donors (Lipinski definition) is 1. The Morgan fingerprint density at radius 2 is 2.08 bits per heavy atom. The van der Waals surface area contributed by atoms with Crippen molar-refractivity contribution >= 4 is 11.9 Å². The van der Waals surface area contributed by atoms with Gasteiger partial charge in [0.2, 0.25) is 0 Å². The molecule has 1 amide bonds. The van der Waals surface area contributed by atoms with Crippen molar-refractivity contribution in [1.82, 2.24) is 9.88 Å². The highest BCUT2D eigenvalue weighted by atomic mass is 16.5. The minimum absolute atomic E-state index is 0.218. The first-order valence-corrected chi connectivity index (χ1v) is 8.16. The molecule has 0 aliphatic carbocycles. The lowest BCUT2D eigenvalue weighted by Crippen LogP contribution is -2.34. The molecule has 0 radical (unpaired) electrons. The van der Waals surface area contributed by atoms with Crippen molar-refractivity contribution in [1.29, 1.82) is 0 Å². The highest BCUT2D eigenvalue weighted by Crippen LogP contribution is 2.21. The van der Waals surface area contributed by atoms with Crippen LogP contribution < -0.4 is 0 Å². The van der Waals surface area contributed by atoms with Crippen LogP contribution in [0.25, 0.3) is 0 Å². The normalized spacial score (nSPS) is 10.7. The van der Waals surface area contributed by atoms with Crippen LogP contribution in [0.2, 0.25) is 0 Å². The van der Waals surface area contributed by atoms with Crippen molar-refractivity contribution in [2.45, 2.75) is 27.3 Å². The minimum Gasteiger partial charge on any atom is -0.467 e. The number of hydrogen-bond acceptors (Lipinski definition) is 5. The van der Waals surface area contributed by atoms with Crippen LogP contribution in [0.4, 0.5) is 0 Å². The van der Waals surface area contributed by atoms with Crippen molar-refractivity contribution in [2.24, 2.45) is 0 Å². The molecule has 1 N–H and O–H groups in total. The summed E-state index contributed by atoms with van der Waals surface area (Å²) in [6.45, 7) is 6.65. The molecule has 2 rings (SSSR count). The molecule has 0 unspecified atom stereocenters. The number of aromatic amines is 1. The number of ether oxygens (including phenoxy) is 2. The van der Waals surface area contributed by atoms with Gasteiger partial charge in [0.05, 0.1) is 31.6 Å². The summed E-state index contributed by atoms with van der Waals surface area (Å²) in [5.74, 6) is 0.0304. The zero-order chi connectivity index (χ0) is 18.4. The Balaban J connectivity index is 2.28. The van der Waals surface area contributed by atoms with E-state index in [2.05, 4.69) is 4.98 Å². The van der Waals surface area contributed by atoms with Gasteiger partial charge in [-0.3, -0.25) is 4.79 Å². The van der Waals surface area contributed by atoms with E-state index in [9.17, 15) is 9.59 Å². The lowest BCUT2D eigenvalue weighted by Gasteiger charge is -2.21. The predicted molar refractivity (Wildman–Crippen MR) is 91.5 cm³/mol. The van der Waals surface area contributed by atoms with Gasteiger partial charge in [0.25, 0.3) is 5.91 Å². The highest BCUT2D eigenvalue weighted by Gasteiger charge is 2.26. The third-order valence-electron chi connectivity index (χ3n) is 3.91. The Bertz CT molecular complexity index is 718. The van der Waals surface area contributed by atoms with E-state index in [1.54, 1.807) is 45.1 Å². The molecular formula is C18H24N2O5. The second-order valence-electron chi connectivity index (χ2n) is 5.64. The second-order valence-corrected chi connectivity index (χ2v) is 5.64. The molecule has 0 bridgehead atoms. The Labute approximate surface area is 146 Å². The number of nitrogens with zero attached hydrogens (tertiary/aromatic N) is 1. The van der Waals surface area contributed by atoms with Crippen LogP contribution in [0.3, 0.4) is 0 Å². The van der Waals surface area contributed by atoms with E-state index >= 15 is 0 Å². The minimum atomic E-state index is -0.428. The number of carbonyl (C=O) groups excluding carboxylic acids is 2. The smallest absolute Gasteiger partial charge is 0.340 e. The molecule has 0 fully saturated rings. The van der Waals surface area contributed by atoms with Crippen LogP contribution in [-0.4, -0.2) is 48.6 Å². The van der Waals surface area contributed by atoms with E-state index in [-0.39, 0.29) is 12.5 Å². The van der Waals surface area contributed by atoms with Crippen LogP contribution in [0.5, 0.6) is 0 Å². The molecule has 0 aliphatic rings. The predicted octanol–water partition coefficient (Wildman–Crippen LogP) is 2.69. The number of amides is 1. The van der Waals surface area contributed by atoms with E-state index in [4.69, 9.17) is 13.9 Å². The molecule has 0 spiro atoms. The SMILES string of the molecule is CCOC(=O)c1c(C)[nH]c(C(=O)N(CCOC)Cc2ccco2)c1C. The summed E-state index contributed by atoms with van der Waals surface area (Å²) in [4.78, 5) is 29.8. The van der Waals surface area contributed by atoms with Gasteiger partial charge in [0.1, 0.15) is 11.5 Å². The number of carbonyl (C=O) groups is 2. The quantitative estimate of drug-likeness (QED) is 0.742. The molecule has 2 heterocycles. The van der Waals surface area contributed by atoms with Gasteiger partial charge in [-0.2, -0.15) is 0 Å². The van der Waals surface area contributed by atoms with Crippen molar-refractivity contribution < 1.29 is 23.5 Å². The first-order valence-electron chi connectivity index (χ1n) is 8.16. The molecule has 7 nitrogen and oxygen atoms in total. The summed E-state index contributed by atoms with van der Waals surface area (Å²) in [6.07, 6.45) is 1.57. The maximum atomic E-state index is 13.0. The fourth-order valence-corrected chi connectivity index (χ4v) is 2.68. The van der Waals surface area contributed by atoms with Crippen molar-refractivity contribution in [3.05, 3.63) is 46.7 Å². The Morgan fingerprint density at radius 1 is 1.32 bits per heavy atom. The largest absolute Gasteiger partial charge is 0.467 e. The van der Waals surface area contributed by atoms with Crippen LogP contribution in [0.15, 0.2) is 22.8 Å². The average Bonchev–Trinajstić information content (AvgIpc) is 3.18. The van der Waals surface area contributed by atoms with Gasteiger partial charge in [0, 0.05) is 19.3 Å². The van der Waals surface area contributed by atoms with E-state index < -0.39 is 5.97 Å². The third-order valence-corrected chi connectivity index (χ3v) is 3.91. The molecule has 0 saturated carbocycles. The average molecular weight is 348 g/mol. The number of methoxy groups -OCH3 is 1. The van der Waals surface area contributed by atoms with Gasteiger partial charge in [-0.15, -0.1) is 0 Å². The summed E-state index contributed by atoms with van der Waals surface area (Å²) >= 11 is 0. The van der Waals surface area contributed by atoms with Crippen LogP contribution in [-0.2, 0) is 16.0 Å². The number of H-pyrrole nitrogens is 1. The number of esters is 1. The molecule has 7 heteroatoms. The summed E-state index contributed by atoms with van der Waals surface area (Å²) < 4.78 is 15.5. The molecule has 0 atom stereocenters. The van der Waals surface area contributed by atoms with Gasteiger partial charge in [-0.1, -0.05) is 0 Å². The van der Waals surface area contributed by atoms with Crippen LogP contribution in [0, 0.1) is 13.8 Å². The lowest BCUT2D eigenvalue weighted by molar-refractivity contribution is 0.0525. The second kappa shape index (κ2) is 8.53. The lowest BCUT2D eigenvalue weighted by atomic mass is 10.1. The Kier molecular flexibility index (Phi) is 6.41.